The smallest absolute Gasteiger partial charge is 0.108 e. The molecule has 0 aliphatic heterocycles. The van der Waals surface area contributed by atoms with Gasteiger partial charge in [-0.15, -0.1) is 5.10 Å². The molecule has 5 heteroatoms. The van der Waals surface area contributed by atoms with Crippen LogP contribution in [0, 0.1) is 0 Å². The van der Waals surface area contributed by atoms with Crippen LogP contribution in [0.3, 0.4) is 0 Å². The van der Waals surface area contributed by atoms with Crippen molar-refractivity contribution in [3.05, 3.63) is 11.9 Å². The predicted molar refractivity (Wildman–Crippen MR) is 47.0 cm³/mol. The number of rotatable bonds is 3. The topological polar surface area (TPSA) is 66.0 Å². The minimum absolute atomic E-state index is 0.347. The summed E-state index contributed by atoms with van der Waals surface area (Å²) in [4.78, 5) is 0. The SMILES string of the molecule is COCc1cn(C2CC(N)C2)nn1. The molecule has 2 rings (SSSR count). The highest BCUT2D eigenvalue weighted by Gasteiger charge is 2.28. The van der Waals surface area contributed by atoms with Gasteiger partial charge in [-0.1, -0.05) is 5.21 Å². The summed E-state index contributed by atoms with van der Waals surface area (Å²) < 4.78 is 6.84. The Bertz CT molecular complexity index is 279. The number of hydrogen-bond acceptors (Lipinski definition) is 4. The van der Waals surface area contributed by atoms with Crippen LogP contribution >= 0.6 is 0 Å². The van der Waals surface area contributed by atoms with Crippen molar-refractivity contribution >= 4 is 0 Å². The second-order valence-corrected chi connectivity index (χ2v) is 3.51. The lowest BCUT2D eigenvalue weighted by Gasteiger charge is -2.31. The third-order valence-corrected chi connectivity index (χ3v) is 2.37. The molecule has 1 heterocycles. The minimum atomic E-state index is 0.347. The molecule has 0 amide bonds. The van der Waals surface area contributed by atoms with Gasteiger partial charge in [-0.25, -0.2) is 4.68 Å². The second kappa shape index (κ2) is 3.43. The molecule has 1 aromatic rings. The van der Waals surface area contributed by atoms with Crippen LogP contribution in [-0.4, -0.2) is 28.1 Å². The lowest BCUT2D eigenvalue weighted by Crippen LogP contribution is -2.37. The summed E-state index contributed by atoms with van der Waals surface area (Å²) in [5.74, 6) is 0. The Balaban J connectivity index is 1.97. The van der Waals surface area contributed by atoms with E-state index < -0.39 is 0 Å². The molecule has 72 valence electrons. The predicted octanol–water partition coefficient (Wildman–Crippen LogP) is 0.0867. The maximum Gasteiger partial charge on any atom is 0.108 e. The van der Waals surface area contributed by atoms with Crippen molar-refractivity contribution in [1.82, 2.24) is 15.0 Å². The van der Waals surface area contributed by atoms with Crippen LogP contribution in [0.1, 0.15) is 24.6 Å². The fourth-order valence-electron chi connectivity index (χ4n) is 1.55. The molecule has 0 atom stereocenters. The average molecular weight is 182 g/mol. The highest BCUT2D eigenvalue weighted by Crippen LogP contribution is 2.29. The highest BCUT2D eigenvalue weighted by molar-refractivity contribution is 4.94. The van der Waals surface area contributed by atoms with Gasteiger partial charge in [0.1, 0.15) is 5.69 Å². The Morgan fingerprint density at radius 1 is 1.69 bits per heavy atom. The van der Waals surface area contributed by atoms with Crippen molar-refractivity contribution in [2.24, 2.45) is 5.73 Å². The van der Waals surface area contributed by atoms with Crippen molar-refractivity contribution in [2.75, 3.05) is 7.11 Å². The van der Waals surface area contributed by atoms with E-state index >= 15 is 0 Å². The zero-order chi connectivity index (χ0) is 9.26. The van der Waals surface area contributed by atoms with Crippen LogP contribution in [0.15, 0.2) is 6.20 Å². The zero-order valence-corrected chi connectivity index (χ0v) is 7.68. The highest BCUT2D eigenvalue weighted by atomic mass is 16.5. The monoisotopic (exact) mass is 182 g/mol. The molecule has 0 unspecified atom stereocenters. The molecule has 13 heavy (non-hydrogen) atoms. The number of methoxy groups -OCH3 is 1. The summed E-state index contributed by atoms with van der Waals surface area (Å²) in [6, 6.07) is 0.799. The van der Waals surface area contributed by atoms with Gasteiger partial charge in [-0.2, -0.15) is 0 Å². The largest absolute Gasteiger partial charge is 0.378 e. The lowest BCUT2D eigenvalue weighted by atomic mass is 9.88. The van der Waals surface area contributed by atoms with Crippen molar-refractivity contribution in [1.29, 1.82) is 0 Å². The molecule has 2 N–H and O–H groups in total. The molecule has 0 saturated heterocycles. The molecule has 5 nitrogen and oxygen atoms in total. The van der Waals surface area contributed by atoms with Gasteiger partial charge in [0.2, 0.25) is 0 Å². The minimum Gasteiger partial charge on any atom is -0.378 e. The van der Waals surface area contributed by atoms with Gasteiger partial charge in [0.05, 0.1) is 18.8 Å². The zero-order valence-electron chi connectivity index (χ0n) is 7.68. The van der Waals surface area contributed by atoms with Gasteiger partial charge in [0, 0.05) is 13.2 Å². The molecule has 1 saturated carbocycles. The first-order valence-electron chi connectivity index (χ1n) is 4.45. The summed E-state index contributed by atoms with van der Waals surface area (Å²) in [7, 11) is 1.65. The third-order valence-electron chi connectivity index (χ3n) is 2.37. The van der Waals surface area contributed by atoms with Crippen LogP contribution in [0.5, 0.6) is 0 Å². The Labute approximate surface area is 76.9 Å². The van der Waals surface area contributed by atoms with E-state index in [0.717, 1.165) is 18.5 Å². The fraction of sp³-hybridized carbons (Fsp3) is 0.750. The molecule has 0 radical (unpaired) electrons. The third kappa shape index (κ3) is 1.71. The Morgan fingerprint density at radius 2 is 2.46 bits per heavy atom. The van der Waals surface area contributed by atoms with Crippen LogP contribution in [-0.2, 0) is 11.3 Å². The van der Waals surface area contributed by atoms with E-state index in [1.165, 1.54) is 0 Å². The summed E-state index contributed by atoms with van der Waals surface area (Å²) in [5, 5.41) is 8.00. The molecular weight excluding hydrogens is 168 g/mol. The summed E-state index contributed by atoms with van der Waals surface area (Å²) >= 11 is 0. The molecule has 1 aromatic heterocycles. The number of nitrogens with zero attached hydrogens (tertiary/aromatic N) is 3. The van der Waals surface area contributed by atoms with Crippen LogP contribution in [0.2, 0.25) is 0 Å². The van der Waals surface area contributed by atoms with E-state index in [1.54, 1.807) is 7.11 Å². The maximum absolute atomic E-state index is 5.69. The fourth-order valence-corrected chi connectivity index (χ4v) is 1.55. The molecule has 1 fully saturated rings. The van der Waals surface area contributed by atoms with Gasteiger partial charge in [-0.3, -0.25) is 0 Å². The van der Waals surface area contributed by atoms with Crippen molar-refractivity contribution in [3.63, 3.8) is 0 Å². The first-order valence-corrected chi connectivity index (χ1v) is 4.45. The second-order valence-electron chi connectivity index (χ2n) is 3.51. The first-order chi connectivity index (χ1) is 6.29. The van der Waals surface area contributed by atoms with E-state index in [4.69, 9.17) is 10.5 Å². The standard InChI is InChI=1S/C8H14N4O/c1-13-5-7-4-12(11-10-7)8-2-6(9)3-8/h4,6,8H,2-3,5,9H2,1H3. The lowest BCUT2D eigenvalue weighted by molar-refractivity contribution is 0.181. The summed E-state index contributed by atoms with van der Waals surface area (Å²) in [6.45, 7) is 0.527. The number of ether oxygens (including phenoxy) is 1. The number of nitrogens with two attached hydrogens (primary N) is 1. The maximum atomic E-state index is 5.69. The number of hydrogen-bond donors (Lipinski definition) is 1. The summed E-state index contributed by atoms with van der Waals surface area (Å²) in [6.07, 6.45) is 3.95. The first kappa shape index (κ1) is 8.65. The summed E-state index contributed by atoms with van der Waals surface area (Å²) in [5.41, 5.74) is 6.56. The number of aromatic nitrogens is 3. The normalized spacial score (nSPS) is 27.2. The Kier molecular flexibility index (Phi) is 2.28. The molecule has 1 aliphatic rings. The van der Waals surface area contributed by atoms with Crippen LogP contribution in [0.25, 0.3) is 0 Å². The van der Waals surface area contributed by atoms with E-state index in [0.29, 0.717) is 18.7 Å². The van der Waals surface area contributed by atoms with Gasteiger partial charge in [-0.05, 0) is 12.8 Å². The average Bonchev–Trinajstić information content (AvgIpc) is 2.48. The molecule has 1 aliphatic carbocycles. The molecule has 0 aromatic carbocycles. The molecule has 0 spiro atoms. The van der Waals surface area contributed by atoms with E-state index in [9.17, 15) is 0 Å². The van der Waals surface area contributed by atoms with Crippen LogP contribution in [0.4, 0.5) is 0 Å². The van der Waals surface area contributed by atoms with Gasteiger partial charge in [0.15, 0.2) is 0 Å². The molecule has 0 bridgehead atoms. The van der Waals surface area contributed by atoms with Crippen LogP contribution < -0.4 is 5.73 Å². The van der Waals surface area contributed by atoms with Crippen molar-refractivity contribution in [2.45, 2.75) is 31.5 Å². The van der Waals surface area contributed by atoms with Gasteiger partial charge in [0.25, 0.3) is 0 Å². The molecular formula is C8H14N4O. The van der Waals surface area contributed by atoms with E-state index in [2.05, 4.69) is 10.3 Å². The van der Waals surface area contributed by atoms with Crippen molar-refractivity contribution < 1.29 is 4.74 Å². The van der Waals surface area contributed by atoms with Gasteiger partial charge >= 0.3 is 0 Å². The Morgan fingerprint density at radius 3 is 3.08 bits per heavy atom. The van der Waals surface area contributed by atoms with E-state index in [-0.39, 0.29) is 0 Å². The van der Waals surface area contributed by atoms with Gasteiger partial charge < -0.3 is 10.5 Å². The van der Waals surface area contributed by atoms with Crippen molar-refractivity contribution in [3.8, 4) is 0 Å². The van der Waals surface area contributed by atoms with E-state index in [1.807, 2.05) is 10.9 Å². The quantitative estimate of drug-likeness (QED) is 0.719. The Hall–Kier alpha value is -0.940.